The fraction of sp³-hybridized carbons (Fsp3) is 0.125. The minimum absolute atomic E-state index is 0.275. The second-order valence-electron chi connectivity index (χ2n) is 4.17. The molecule has 0 aliphatic rings. The molecule has 0 aliphatic heterocycles. The van der Waals surface area contributed by atoms with Gasteiger partial charge in [-0.1, -0.05) is 59.6 Å². The first-order chi connectivity index (χ1) is 9.72. The predicted molar refractivity (Wildman–Crippen MR) is 83.6 cm³/mol. The molecule has 100 valence electrons. The van der Waals surface area contributed by atoms with Crippen LogP contribution in [0.15, 0.2) is 53.5 Å². The van der Waals surface area contributed by atoms with Gasteiger partial charge in [-0.15, -0.1) is 0 Å². The maximum absolute atomic E-state index is 9.23. The van der Waals surface area contributed by atoms with E-state index in [9.17, 15) is 5.26 Å². The van der Waals surface area contributed by atoms with Crippen LogP contribution in [0.3, 0.4) is 0 Å². The van der Waals surface area contributed by atoms with Crippen LogP contribution >= 0.6 is 23.2 Å². The molecule has 0 saturated carbocycles. The summed E-state index contributed by atoms with van der Waals surface area (Å²) in [6.45, 7) is 0.522. The summed E-state index contributed by atoms with van der Waals surface area (Å²) in [7, 11) is 0. The first-order valence-corrected chi connectivity index (χ1v) is 6.91. The number of nitriles is 1. The van der Waals surface area contributed by atoms with E-state index in [4.69, 9.17) is 23.2 Å². The third-order valence-corrected chi connectivity index (χ3v) is 3.45. The molecule has 0 atom stereocenters. The summed E-state index contributed by atoms with van der Waals surface area (Å²) in [5.41, 5.74) is 1.96. The Balaban J connectivity index is 2.17. The minimum Gasteiger partial charge on any atom is -0.273 e. The van der Waals surface area contributed by atoms with Gasteiger partial charge < -0.3 is 0 Å². The molecule has 2 rings (SSSR count). The Kier molecular flexibility index (Phi) is 5.17. The fourth-order valence-corrected chi connectivity index (χ4v) is 2.41. The topological polar surface area (TPSA) is 36.1 Å². The maximum Gasteiger partial charge on any atom is 0.145 e. The van der Waals surface area contributed by atoms with Crippen LogP contribution in [-0.4, -0.2) is 12.3 Å². The van der Waals surface area contributed by atoms with Crippen molar-refractivity contribution in [2.45, 2.75) is 6.42 Å². The third kappa shape index (κ3) is 3.60. The highest BCUT2D eigenvalue weighted by molar-refractivity contribution is 6.41. The van der Waals surface area contributed by atoms with Gasteiger partial charge in [-0.3, -0.25) is 4.99 Å². The van der Waals surface area contributed by atoms with Crippen LogP contribution in [0, 0.1) is 11.3 Å². The summed E-state index contributed by atoms with van der Waals surface area (Å²) in [5, 5.41) is 10.1. The van der Waals surface area contributed by atoms with Gasteiger partial charge in [-0.2, -0.15) is 5.26 Å². The lowest BCUT2D eigenvalue weighted by Gasteiger charge is -2.04. The van der Waals surface area contributed by atoms with Crippen LogP contribution in [0.4, 0.5) is 0 Å². The molecule has 0 aromatic heterocycles. The molecule has 0 N–H and O–H groups in total. The number of hydrogen-bond donors (Lipinski definition) is 0. The van der Waals surface area contributed by atoms with E-state index in [1.165, 1.54) is 5.56 Å². The molecule has 2 nitrogen and oxygen atoms in total. The van der Waals surface area contributed by atoms with Gasteiger partial charge in [0.15, 0.2) is 0 Å². The summed E-state index contributed by atoms with van der Waals surface area (Å²) in [6, 6.07) is 17.2. The van der Waals surface area contributed by atoms with Crippen molar-refractivity contribution in [3.63, 3.8) is 0 Å². The Bertz CT molecular complexity index is 638. The molecule has 0 fully saturated rings. The van der Waals surface area contributed by atoms with E-state index in [2.05, 4.69) is 11.1 Å². The number of rotatable bonds is 4. The maximum atomic E-state index is 9.23. The lowest BCUT2D eigenvalue weighted by Crippen LogP contribution is -2.02. The largest absolute Gasteiger partial charge is 0.273 e. The Hall–Kier alpha value is -1.82. The van der Waals surface area contributed by atoms with Gasteiger partial charge in [0.25, 0.3) is 0 Å². The van der Waals surface area contributed by atoms with Crippen molar-refractivity contribution in [3.8, 4) is 6.07 Å². The van der Waals surface area contributed by atoms with Gasteiger partial charge in [0, 0.05) is 12.1 Å². The van der Waals surface area contributed by atoms with E-state index in [0.29, 0.717) is 22.2 Å². The fourth-order valence-electron chi connectivity index (χ4n) is 1.84. The molecular weight excluding hydrogens is 291 g/mol. The quantitative estimate of drug-likeness (QED) is 0.763. The predicted octanol–water partition coefficient (Wildman–Crippen LogP) is 4.55. The van der Waals surface area contributed by atoms with E-state index in [0.717, 1.165) is 6.42 Å². The summed E-state index contributed by atoms with van der Waals surface area (Å²) in [6.07, 6.45) is 0.772. The second kappa shape index (κ2) is 7.09. The first kappa shape index (κ1) is 14.6. The summed E-state index contributed by atoms with van der Waals surface area (Å²) >= 11 is 12.2. The van der Waals surface area contributed by atoms with E-state index in [-0.39, 0.29) is 5.71 Å². The number of aliphatic imine (C=N–C) groups is 1. The molecule has 0 spiro atoms. The van der Waals surface area contributed by atoms with Crippen LogP contribution in [0.1, 0.15) is 11.1 Å². The monoisotopic (exact) mass is 302 g/mol. The van der Waals surface area contributed by atoms with Crippen molar-refractivity contribution >= 4 is 28.9 Å². The number of halogens is 2. The van der Waals surface area contributed by atoms with E-state index in [1.54, 1.807) is 18.2 Å². The highest BCUT2D eigenvalue weighted by atomic mass is 35.5. The number of hydrogen-bond acceptors (Lipinski definition) is 2. The van der Waals surface area contributed by atoms with Crippen molar-refractivity contribution < 1.29 is 0 Å². The van der Waals surface area contributed by atoms with E-state index in [1.807, 2.05) is 30.3 Å². The molecule has 2 aromatic rings. The molecule has 0 unspecified atom stereocenters. The van der Waals surface area contributed by atoms with Crippen molar-refractivity contribution in [2.75, 3.05) is 6.54 Å². The first-order valence-electron chi connectivity index (χ1n) is 6.15. The van der Waals surface area contributed by atoms with E-state index >= 15 is 0 Å². The molecule has 20 heavy (non-hydrogen) atoms. The summed E-state index contributed by atoms with van der Waals surface area (Å²) in [5.74, 6) is 0. The SMILES string of the molecule is N#CC(=NCCc1ccccc1)c1c(Cl)cccc1Cl. The molecule has 0 radical (unpaired) electrons. The number of nitrogens with zero attached hydrogens (tertiary/aromatic N) is 2. The highest BCUT2D eigenvalue weighted by Crippen LogP contribution is 2.24. The van der Waals surface area contributed by atoms with Gasteiger partial charge >= 0.3 is 0 Å². The van der Waals surface area contributed by atoms with Gasteiger partial charge in [-0.25, -0.2) is 0 Å². The second-order valence-corrected chi connectivity index (χ2v) is 4.99. The molecular formula is C16H12Cl2N2. The third-order valence-electron chi connectivity index (χ3n) is 2.82. The molecule has 0 amide bonds. The Labute approximate surface area is 128 Å². The van der Waals surface area contributed by atoms with Crippen LogP contribution in [0.5, 0.6) is 0 Å². The molecule has 0 bridgehead atoms. The van der Waals surface area contributed by atoms with Gasteiger partial charge in [0.2, 0.25) is 0 Å². The smallest absolute Gasteiger partial charge is 0.145 e. The average molecular weight is 303 g/mol. The van der Waals surface area contributed by atoms with Crippen molar-refractivity contribution in [2.24, 2.45) is 4.99 Å². The molecule has 4 heteroatoms. The molecule has 0 heterocycles. The molecule has 0 aliphatic carbocycles. The molecule has 2 aromatic carbocycles. The van der Waals surface area contributed by atoms with Crippen LogP contribution in [-0.2, 0) is 6.42 Å². The van der Waals surface area contributed by atoms with Crippen molar-refractivity contribution in [1.29, 1.82) is 5.26 Å². The Morgan fingerprint density at radius 1 is 1.00 bits per heavy atom. The van der Waals surface area contributed by atoms with Gasteiger partial charge in [0.05, 0.1) is 10.0 Å². The van der Waals surface area contributed by atoms with Crippen molar-refractivity contribution in [1.82, 2.24) is 0 Å². The Morgan fingerprint density at radius 2 is 1.65 bits per heavy atom. The van der Waals surface area contributed by atoms with Crippen LogP contribution in [0.25, 0.3) is 0 Å². The van der Waals surface area contributed by atoms with Gasteiger partial charge in [0.1, 0.15) is 11.8 Å². The Morgan fingerprint density at radius 3 is 2.25 bits per heavy atom. The highest BCUT2D eigenvalue weighted by Gasteiger charge is 2.11. The minimum atomic E-state index is 0.275. The van der Waals surface area contributed by atoms with Crippen molar-refractivity contribution in [3.05, 3.63) is 69.7 Å². The van der Waals surface area contributed by atoms with Crippen LogP contribution in [0.2, 0.25) is 10.0 Å². The lowest BCUT2D eigenvalue weighted by molar-refractivity contribution is 0.970. The van der Waals surface area contributed by atoms with E-state index < -0.39 is 0 Å². The molecule has 0 saturated heterocycles. The van der Waals surface area contributed by atoms with Gasteiger partial charge in [-0.05, 0) is 24.1 Å². The van der Waals surface area contributed by atoms with Crippen LogP contribution < -0.4 is 0 Å². The summed E-state index contributed by atoms with van der Waals surface area (Å²) < 4.78 is 0. The normalized spacial score (nSPS) is 11.2. The zero-order chi connectivity index (χ0) is 14.4. The summed E-state index contributed by atoms with van der Waals surface area (Å²) in [4.78, 5) is 4.32. The average Bonchev–Trinajstić information content (AvgIpc) is 2.46. The number of benzene rings is 2. The zero-order valence-electron chi connectivity index (χ0n) is 10.7. The zero-order valence-corrected chi connectivity index (χ0v) is 12.2. The lowest BCUT2D eigenvalue weighted by atomic mass is 10.1. The standard InChI is InChI=1S/C16H12Cl2N2/c17-13-7-4-8-14(18)16(13)15(11-19)20-10-9-12-5-2-1-3-6-12/h1-8H,9-10H2.